The molecular weight excluding hydrogens is 370 g/mol. The van der Waals surface area contributed by atoms with Gasteiger partial charge in [0.1, 0.15) is 0 Å². The molecule has 0 radical (unpaired) electrons. The van der Waals surface area contributed by atoms with Crippen LogP contribution in [0.5, 0.6) is 0 Å². The van der Waals surface area contributed by atoms with Gasteiger partial charge < -0.3 is 5.32 Å². The van der Waals surface area contributed by atoms with Crippen molar-refractivity contribution in [3.05, 3.63) is 63.9 Å². The molecule has 134 valence electrons. The van der Waals surface area contributed by atoms with Crippen LogP contribution in [0.3, 0.4) is 0 Å². The SMILES string of the molecule is CC(C)NC(=O)CSc1nc2ccccc2c(=O)n1-c1ccccc1Cl. The number of carbonyl (C=O) groups excluding carboxylic acids is 1. The normalized spacial score (nSPS) is 11.1. The number of rotatable bonds is 5. The maximum atomic E-state index is 13.1. The highest BCUT2D eigenvalue weighted by atomic mass is 35.5. The van der Waals surface area contributed by atoms with Gasteiger partial charge in [-0.05, 0) is 38.1 Å². The van der Waals surface area contributed by atoms with Crippen LogP contribution in [0.2, 0.25) is 5.02 Å². The highest BCUT2D eigenvalue weighted by Crippen LogP contribution is 2.25. The zero-order chi connectivity index (χ0) is 18.7. The fourth-order valence-corrected chi connectivity index (χ4v) is 3.59. The van der Waals surface area contributed by atoms with E-state index in [9.17, 15) is 9.59 Å². The van der Waals surface area contributed by atoms with E-state index in [4.69, 9.17) is 11.6 Å². The predicted molar refractivity (Wildman–Crippen MR) is 106 cm³/mol. The number of halogens is 1. The maximum Gasteiger partial charge on any atom is 0.266 e. The minimum absolute atomic E-state index is 0.0541. The summed E-state index contributed by atoms with van der Waals surface area (Å²) in [6.45, 7) is 3.80. The molecule has 0 saturated carbocycles. The Labute approximate surface area is 160 Å². The third-order valence-electron chi connectivity index (χ3n) is 3.62. The number of amides is 1. The van der Waals surface area contributed by atoms with Crippen molar-refractivity contribution in [3.63, 3.8) is 0 Å². The summed E-state index contributed by atoms with van der Waals surface area (Å²) in [5.41, 5.74) is 0.923. The smallest absolute Gasteiger partial charge is 0.266 e. The molecule has 0 unspecified atom stereocenters. The first-order valence-corrected chi connectivity index (χ1v) is 9.52. The molecule has 0 saturated heterocycles. The minimum atomic E-state index is -0.213. The van der Waals surface area contributed by atoms with Gasteiger partial charge in [-0.2, -0.15) is 0 Å². The molecule has 1 heterocycles. The Morgan fingerprint density at radius 1 is 1.19 bits per heavy atom. The Hall–Kier alpha value is -2.31. The van der Waals surface area contributed by atoms with Crippen LogP contribution in [0.1, 0.15) is 13.8 Å². The third kappa shape index (κ3) is 3.92. The summed E-state index contributed by atoms with van der Waals surface area (Å²) in [5, 5.41) is 4.21. The molecule has 0 fully saturated rings. The van der Waals surface area contributed by atoms with Crippen LogP contribution in [0.15, 0.2) is 58.5 Å². The average Bonchev–Trinajstić information content (AvgIpc) is 2.60. The second-order valence-electron chi connectivity index (χ2n) is 6.01. The van der Waals surface area contributed by atoms with Gasteiger partial charge in [0.05, 0.1) is 27.4 Å². The number of hydrogen-bond donors (Lipinski definition) is 1. The molecule has 1 amide bonds. The quantitative estimate of drug-likeness (QED) is 0.536. The van der Waals surface area contributed by atoms with Gasteiger partial charge in [0.25, 0.3) is 5.56 Å². The molecule has 0 aliphatic carbocycles. The van der Waals surface area contributed by atoms with E-state index in [0.29, 0.717) is 26.8 Å². The summed E-state index contributed by atoms with van der Waals surface area (Å²) in [7, 11) is 0. The molecule has 7 heteroatoms. The Morgan fingerprint density at radius 2 is 1.88 bits per heavy atom. The summed E-state index contributed by atoms with van der Waals surface area (Å²) in [6.07, 6.45) is 0. The molecule has 2 aromatic carbocycles. The molecule has 0 spiro atoms. The molecule has 0 aliphatic heterocycles. The Morgan fingerprint density at radius 3 is 2.62 bits per heavy atom. The van der Waals surface area contributed by atoms with Crippen molar-refractivity contribution < 1.29 is 4.79 Å². The number of benzene rings is 2. The first-order chi connectivity index (χ1) is 12.5. The molecular formula is C19H18ClN3O2S. The van der Waals surface area contributed by atoms with Crippen molar-refractivity contribution in [2.75, 3.05) is 5.75 Å². The summed E-state index contributed by atoms with van der Waals surface area (Å²) in [6, 6.07) is 14.3. The third-order valence-corrected chi connectivity index (χ3v) is 4.88. The van der Waals surface area contributed by atoms with Gasteiger partial charge >= 0.3 is 0 Å². The fraction of sp³-hybridized carbons (Fsp3) is 0.211. The van der Waals surface area contributed by atoms with Crippen molar-refractivity contribution in [2.24, 2.45) is 0 Å². The monoisotopic (exact) mass is 387 g/mol. The lowest BCUT2D eigenvalue weighted by Gasteiger charge is -2.14. The number of carbonyl (C=O) groups is 1. The molecule has 5 nitrogen and oxygen atoms in total. The lowest BCUT2D eigenvalue weighted by Crippen LogP contribution is -2.32. The van der Waals surface area contributed by atoms with Gasteiger partial charge in [0.15, 0.2) is 5.16 Å². The topological polar surface area (TPSA) is 64.0 Å². The van der Waals surface area contributed by atoms with Crippen LogP contribution in [0.4, 0.5) is 0 Å². The van der Waals surface area contributed by atoms with Crippen LogP contribution in [-0.2, 0) is 4.79 Å². The van der Waals surface area contributed by atoms with Crippen molar-refractivity contribution >= 4 is 40.2 Å². The van der Waals surface area contributed by atoms with Gasteiger partial charge in [-0.3, -0.25) is 14.2 Å². The number of nitrogens with zero attached hydrogens (tertiary/aromatic N) is 2. The largest absolute Gasteiger partial charge is 0.353 e. The number of hydrogen-bond acceptors (Lipinski definition) is 4. The zero-order valence-electron chi connectivity index (χ0n) is 14.4. The highest BCUT2D eigenvalue weighted by Gasteiger charge is 2.16. The van der Waals surface area contributed by atoms with Gasteiger partial charge in [0, 0.05) is 6.04 Å². The predicted octanol–water partition coefficient (Wildman–Crippen LogP) is 3.66. The summed E-state index contributed by atoms with van der Waals surface area (Å²) < 4.78 is 1.47. The molecule has 26 heavy (non-hydrogen) atoms. The Kier molecular flexibility index (Phi) is 5.64. The lowest BCUT2D eigenvalue weighted by molar-refractivity contribution is -0.119. The Bertz CT molecular complexity index is 1020. The molecule has 0 atom stereocenters. The zero-order valence-corrected chi connectivity index (χ0v) is 16.0. The first kappa shape index (κ1) is 18.5. The van der Waals surface area contributed by atoms with E-state index < -0.39 is 0 Å². The standard InChI is InChI=1S/C19H18ClN3O2S/c1-12(2)21-17(24)11-26-19-22-15-9-5-3-7-13(15)18(25)23(19)16-10-6-4-8-14(16)20/h3-10,12H,11H2,1-2H3,(H,21,24). The van der Waals surface area contributed by atoms with Crippen LogP contribution in [-0.4, -0.2) is 27.3 Å². The van der Waals surface area contributed by atoms with Crippen molar-refractivity contribution in [1.29, 1.82) is 0 Å². The van der Waals surface area contributed by atoms with Gasteiger partial charge in [-0.25, -0.2) is 4.98 Å². The maximum absolute atomic E-state index is 13.1. The van der Waals surface area contributed by atoms with Crippen molar-refractivity contribution in [1.82, 2.24) is 14.9 Å². The summed E-state index contributed by atoms with van der Waals surface area (Å²) in [4.78, 5) is 29.7. The average molecular weight is 388 g/mol. The number of para-hydroxylation sites is 2. The highest BCUT2D eigenvalue weighted by molar-refractivity contribution is 7.99. The van der Waals surface area contributed by atoms with Gasteiger partial charge in [-0.15, -0.1) is 0 Å². The van der Waals surface area contributed by atoms with Crippen LogP contribution >= 0.6 is 23.4 Å². The number of thioether (sulfide) groups is 1. The fourth-order valence-electron chi connectivity index (χ4n) is 2.55. The number of aromatic nitrogens is 2. The summed E-state index contributed by atoms with van der Waals surface area (Å²) >= 11 is 7.52. The summed E-state index contributed by atoms with van der Waals surface area (Å²) in [5.74, 6) is 0.0473. The molecule has 3 rings (SSSR count). The van der Waals surface area contributed by atoms with Crippen molar-refractivity contribution in [2.45, 2.75) is 25.0 Å². The van der Waals surface area contributed by atoms with E-state index in [1.165, 1.54) is 16.3 Å². The number of fused-ring (bicyclic) bond motifs is 1. The molecule has 1 N–H and O–H groups in total. The van der Waals surface area contributed by atoms with E-state index in [1.807, 2.05) is 26.0 Å². The van der Waals surface area contributed by atoms with Crippen LogP contribution in [0.25, 0.3) is 16.6 Å². The van der Waals surface area contributed by atoms with E-state index in [0.717, 1.165) is 0 Å². The number of nitrogens with one attached hydrogen (secondary N) is 1. The first-order valence-electron chi connectivity index (χ1n) is 8.16. The molecule has 0 aliphatic rings. The molecule has 0 bridgehead atoms. The minimum Gasteiger partial charge on any atom is -0.353 e. The van der Waals surface area contributed by atoms with Gasteiger partial charge in [-0.1, -0.05) is 47.6 Å². The van der Waals surface area contributed by atoms with Crippen LogP contribution in [0, 0.1) is 0 Å². The molecule has 1 aromatic heterocycles. The van der Waals surface area contributed by atoms with Crippen LogP contribution < -0.4 is 10.9 Å². The second-order valence-corrected chi connectivity index (χ2v) is 7.36. The second kappa shape index (κ2) is 7.93. The van der Waals surface area contributed by atoms with Crippen molar-refractivity contribution in [3.8, 4) is 5.69 Å². The van der Waals surface area contributed by atoms with E-state index >= 15 is 0 Å². The Balaban J connectivity index is 2.11. The van der Waals surface area contributed by atoms with E-state index in [2.05, 4.69) is 10.3 Å². The van der Waals surface area contributed by atoms with Gasteiger partial charge in [0.2, 0.25) is 5.91 Å². The molecule has 3 aromatic rings. The van der Waals surface area contributed by atoms with E-state index in [1.54, 1.807) is 36.4 Å². The lowest BCUT2D eigenvalue weighted by atomic mass is 10.2. The van der Waals surface area contributed by atoms with E-state index in [-0.39, 0.29) is 23.3 Å².